The van der Waals surface area contributed by atoms with Crippen LogP contribution in [0.2, 0.25) is 0 Å². The molecule has 1 N–H and O–H groups in total. The first-order valence-corrected chi connectivity index (χ1v) is 9.96. The molecule has 4 nitrogen and oxygen atoms in total. The van der Waals surface area contributed by atoms with Crippen LogP contribution in [0.25, 0.3) is 10.1 Å². The quantitative estimate of drug-likeness (QED) is 0.391. The molecule has 0 bridgehead atoms. The van der Waals surface area contributed by atoms with Gasteiger partial charge < -0.3 is 10.1 Å². The predicted octanol–water partition coefficient (Wildman–Crippen LogP) is 5.87. The van der Waals surface area contributed by atoms with E-state index in [4.69, 9.17) is 4.74 Å². The van der Waals surface area contributed by atoms with Crippen LogP contribution in [0.15, 0.2) is 53.0 Å². The Morgan fingerprint density at radius 2 is 1.96 bits per heavy atom. The first-order valence-electron chi connectivity index (χ1n) is 8.35. The molecular weight excluding hydrogens is 414 g/mol. The third-order valence-corrected chi connectivity index (χ3v) is 5.42. The average molecular weight is 432 g/mol. The number of hydrogen-bond donors (Lipinski definition) is 1. The highest BCUT2D eigenvalue weighted by Crippen LogP contribution is 2.36. The van der Waals surface area contributed by atoms with Crippen LogP contribution in [0.4, 0.5) is 5.00 Å². The molecule has 0 radical (unpaired) electrons. The number of benzene rings is 2. The molecule has 1 heterocycles. The molecule has 1 aromatic heterocycles. The molecule has 6 heteroatoms. The average Bonchev–Trinajstić information content (AvgIpc) is 2.99. The van der Waals surface area contributed by atoms with E-state index in [1.165, 1.54) is 11.3 Å². The molecule has 3 aromatic rings. The number of ether oxygens (including phenoxy) is 1. The minimum Gasteiger partial charge on any atom is -0.462 e. The van der Waals surface area contributed by atoms with Gasteiger partial charge in [0.05, 0.1) is 6.61 Å². The fourth-order valence-corrected chi connectivity index (χ4v) is 4.01. The summed E-state index contributed by atoms with van der Waals surface area (Å²) in [6.07, 6.45) is 1.76. The number of thiophene rings is 1. The first-order chi connectivity index (χ1) is 12.6. The second-order valence-electron chi connectivity index (χ2n) is 5.76. The van der Waals surface area contributed by atoms with Crippen molar-refractivity contribution in [2.45, 2.75) is 19.8 Å². The maximum absolute atomic E-state index is 12.6. The summed E-state index contributed by atoms with van der Waals surface area (Å²) < 4.78 is 7.14. The standard InChI is InChI=1S/C20H18BrNO3S/c1-2-3-11-25-20(24)17-15-9-4-5-10-16(15)26-19(17)22-18(23)13-7-6-8-14(21)12-13/h4-10,12H,2-3,11H2,1H3,(H,22,23). The van der Waals surface area contributed by atoms with Crippen molar-refractivity contribution >= 4 is 54.2 Å². The molecular formula is C20H18BrNO3S. The summed E-state index contributed by atoms with van der Waals surface area (Å²) in [7, 11) is 0. The van der Waals surface area contributed by atoms with E-state index in [0.29, 0.717) is 22.7 Å². The molecule has 1 amide bonds. The summed E-state index contributed by atoms with van der Waals surface area (Å²) in [5.41, 5.74) is 0.937. The first kappa shape index (κ1) is 18.6. The Balaban J connectivity index is 1.93. The zero-order chi connectivity index (χ0) is 18.5. The number of rotatable bonds is 6. The van der Waals surface area contributed by atoms with Gasteiger partial charge >= 0.3 is 5.97 Å². The second-order valence-corrected chi connectivity index (χ2v) is 7.72. The fourth-order valence-electron chi connectivity index (χ4n) is 2.52. The van der Waals surface area contributed by atoms with E-state index < -0.39 is 5.97 Å². The van der Waals surface area contributed by atoms with Crippen molar-refractivity contribution in [3.63, 3.8) is 0 Å². The Kier molecular flexibility index (Phi) is 6.06. The van der Waals surface area contributed by atoms with E-state index in [0.717, 1.165) is 27.4 Å². The lowest BCUT2D eigenvalue weighted by atomic mass is 10.1. The Bertz CT molecular complexity index is 951. The number of amides is 1. The zero-order valence-corrected chi connectivity index (χ0v) is 16.7. The molecule has 0 saturated carbocycles. The van der Waals surface area contributed by atoms with Crippen LogP contribution in [0.1, 0.15) is 40.5 Å². The van der Waals surface area contributed by atoms with Crippen molar-refractivity contribution in [1.29, 1.82) is 0 Å². The smallest absolute Gasteiger partial charge is 0.341 e. The van der Waals surface area contributed by atoms with Gasteiger partial charge in [0.15, 0.2) is 0 Å². The maximum atomic E-state index is 12.6. The largest absolute Gasteiger partial charge is 0.462 e. The lowest BCUT2D eigenvalue weighted by Gasteiger charge is -2.08. The number of carbonyl (C=O) groups is 2. The number of halogens is 1. The molecule has 0 unspecified atom stereocenters. The summed E-state index contributed by atoms with van der Waals surface area (Å²) >= 11 is 4.74. The Morgan fingerprint density at radius 1 is 1.15 bits per heavy atom. The summed E-state index contributed by atoms with van der Waals surface area (Å²) in [4.78, 5) is 25.2. The molecule has 0 saturated heterocycles. The van der Waals surface area contributed by atoms with E-state index in [-0.39, 0.29) is 5.91 Å². The van der Waals surface area contributed by atoms with Gasteiger partial charge in [-0.25, -0.2) is 4.79 Å². The summed E-state index contributed by atoms with van der Waals surface area (Å²) in [6, 6.07) is 14.7. The number of esters is 1. The summed E-state index contributed by atoms with van der Waals surface area (Å²) in [6.45, 7) is 2.41. The Morgan fingerprint density at radius 3 is 2.73 bits per heavy atom. The summed E-state index contributed by atoms with van der Waals surface area (Å²) in [5, 5.41) is 4.18. The number of hydrogen-bond acceptors (Lipinski definition) is 4. The van der Waals surface area contributed by atoms with E-state index in [2.05, 4.69) is 21.2 Å². The molecule has 2 aromatic carbocycles. The van der Waals surface area contributed by atoms with Crippen molar-refractivity contribution in [2.75, 3.05) is 11.9 Å². The maximum Gasteiger partial charge on any atom is 0.341 e. The second kappa shape index (κ2) is 8.47. The van der Waals surface area contributed by atoms with Gasteiger partial charge in [0, 0.05) is 20.1 Å². The molecule has 134 valence electrons. The summed E-state index contributed by atoms with van der Waals surface area (Å²) in [5.74, 6) is -0.666. The van der Waals surface area contributed by atoms with Crippen LogP contribution in [0.5, 0.6) is 0 Å². The lowest BCUT2D eigenvalue weighted by Crippen LogP contribution is -2.14. The molecule has 0 spiro atoms. The topological polar surface area (TPSA) is 55.4 Å². The van der Waals surface area contributed by atoms with Crippen LogP contribution in [-0.4, -0.2) is 18.5 Å². The van der Waals surface area contributed by atoms with Gasteiger partial charge in [-0.2, -0.15) is 0 Å². The van der Waals surface area contributed by atoms with E-state index in [1.54, 1.807) is 18.2 Å². The van der Waals surface area contributed by atoms with Crippen molar-refractivity contribution in [2.24, 2.45) is 0 Å². The monoisotopic (exact) mass is 431 g/mol. The van der Waals surface area contributed by atoms with Crippen molar-refractivity contribution in [1.82, 2.24) is 0 Å². The molecule has 0 aliphatic rings. The van der Waals surface area contributed by atoms with Gasteiger partial charge in [-0.3, -0.25) is 4.79 Å². The third kappa shape index (κ3) is 4.14. The van der Waals surface area contributed by atoms with E-state index >= 15 is 0 Å². The number of unbranched alkanes of at least 4 members (excludes halogenated alkanes) is 1. The molecule has 0 aliphatic heterocycles. The van der Waals surface area contributed by atoms with Crippen LogP contribution in [0, 0.1) is 0 Å². The Labute approximate surface area is 164 Å². The fraction of sp³-hybridized carbons (Fsp3) is 0.200. The van der Waals surface area contributed by atoms with Crippen molar-refractivity contribution in [3.8, 4) is 0 Å². The third-order valence-electron chi connectivity index (χ3n) is 3.84. The number of carbonyl (C=O) groups excluding carboxylic acids is 2. The normalized spacial score (nSPS) is 10.7. The number of anilines is 1. The van der Waals surface area contributed by atoms with Gasteiger partial charge in [0.1, 0.15) is 10.6 Å². The van der Waals surface area contributed by atoms with Crippen LogP contribution in [0.3, 0.4) is 0 Å². The van der Waals surface area contributed by atoms with Gasteiger partial charge in [0.25, 0.3) is 5.91 Å². The zero-order valence-electron chi connectivity index (χ0n) is 14.3. The highest BCUT2D eigenvalue weighted by atomic mass is 79.9. The van der Waals surface area contributed by atoms with Gasteiger partial charge in [-0.05, 0) is 30.7 Å². The molecule has 0 atom stereocenters. The van der Waals surface area contributed by atoms with E-state index in [1.807, 2.05) is 37.3 Å². The van der Waals surface area contributed by atoms with Crippen LogP contribution < -0.4 is 5.32 Å². The molecule has 3 rings (SSSR count). The van der Waals surface area contributed by atoms with Crippen molar-refractivity contribution < 1.29 is 14.3 Å². The number of fused-ring (bicyclic) bond motifs is 1. The van der Waals surface area contributed by atoms with Gasteiger partial charge in [0.2, 0.25) is 0 Å². The molecule has 26 heavy (non-hydrogen) atoms. The van der Waals surface area contributed by atoms with Gasteiger partial charge in [-0.15, -0.1) is 11.3 Å². The minimum absolute atomic E-state index is 0.263. The highest BCUT2D eigenvalue weighted by Gasteiger charge is 2.22. The highest BCUT2D eigenvalue weighted by molar-refractivity contribution is 9.10. The van der Waals surface area contributed by atoms with Gasteiger partial charge in [-0.1, -0.05) is 53.5 Å². The molecule has 0 aliphatic carbocycles. The molecule has 0 fully saturated rings. The predicted molar refractivity (Wildman–Crippen MR) is 109 cm³/mol. The minimum atomic E-state index is -0.402. The van der Waals surface area contributed by atoms with Crippen LogP contribution >= 0.6 is 27.3 Å². The van der Waals surface area contributed by atoms with E-state index in [9.17, 15) is 9.59 Å². The van der Waals surface area contributed by atoms with Crippen molar-refractivity contribution in [3.05, 3.63) is 64.1 Å². The van der Waals surface area contributed by atoms with Crippen LogP contribution in [-0.2, 0) is 4.74 Å². The number of nitrogens with one attached hydrogen (secondary N) is 1. The SMILES string of the molecule is CCCCOC(=O)c1c(NC(=O)c2cccc(Br)c2)sc2ccccc12. The Hall–Kier alpha value is -2.18. The lowest BCUT2D eigenvalue weighted by molar-refractivity contribution is 0.0503.